The van der Waals surface area contributed by atoms with Crippen LogP contribution in [0.3, 0.4) is 0 Å². The normalized spacial score (nSPS) is 22.1. The number of rotatable bonds is 6. The molecule has 5 nitrogen and oxygen atoms in total. The van der Waals surface area contributed by atoms with Crippen molar-refractivity contribution in [2.75, 3.05) is 19.6 Å². The van der Waals surface area contributed by atoms with Gasteiger partial charge < -0.3 is 20.4 Å². The number of likely N-dealkylation sites (tertiary alicyclic amines) is 1. The summed E-state index contributed by atoms with van der Waals surface area (Å²) in [6.45, 7) is 4.24. The Bertz CT molecular complexity index is 548. The number of β-amino-alcohol motifs (C(OH)–C–C–N with tert-alkyl or cyclic N) is 1. The van der Waals surface area contributed by atoms with Gasteiger partial charge in [0, 0.05) is 12.6 Å². The van der Waals surface area contributed by atoms with E-state index in [-0.39, 0.29) is 17.9 Å². The predicted octanol–water partition coefficient (Wildman–Crippen LogP) is 1.38. The lowest BCUT2D eigenvalue weighted by atomic mass is 9.90. The van der Waals surface area contributed by atoms with Gasteiger partial charge >= 0.3 is 0 Å². The van der Waals surface area contributed by atoms with E-state index < -0.39 is 12.2 Å². The molecule has 1 aliphatic heterocycles. The standard InChI is InChI=1S/C19H28N2O3/c1-13-2-4-14(5-3-13)17(22)12-21-10-8-15(9-11-21)18(23)19(24)20-16-6-7-16/h2-5,15-18,22-23H,6-12H2,1H3,(H,20,24). The van der Waals surface area contributed by atoms with Crippen LogP contribution in [0.2, 0.25) is 0 Å². The molecule has 2 fully saturated rings. The average Bonchev–Trinajstić information content (AvgIpc) is 3.39. The van der Waals surface area contributed by atoms with E-state index in [1.54, 1.807) is 0 Å². The van der Waals surface area contributed by atoms with E-state index in [4.69, 9.17) is 0 Å². The molecule has 2 aliphatic rings. The quantitative estimate of drug-likeness (QED) is 0.736. The maximum absolute atomic E-state index is 11.9. The molecular weight excluding hydrogens is 304 g/mol. The minimum Gasteiger partial charge on any atom is -0.387 e. The molecule has 5 heteroatoms. The summed E-state index contributed by atoms with van der Waals surface area (Å²) in [5.74, 6) is -0.188. The van der Waals surface area contributed by atoms with Crippen molar-refractivity contribution in [3.05, 3.63) is 35.4 Å². The summed E-state index contributed by atoms with van der Waals surface area (Å²) in [6, 6.07) is 8.26. The van der Waals surface area contributed by atoms with Gasteiger partial charge in [0.2, 0.25) is 5.91 Å². The fourth-order valence-corrected chi connectivity index (χ4v) is 3.32. The van der Waals surface area contributed by atoms with Crippen LogP contribution in [0.15, 0.2) is 24.3 Å². The fourth-order valence-electron chi connectivity index (χ4n) is 3.32. The number of aliphatic hydroxyl groups excluding tert-OH is 2. The van der Waals surface area contributed by atoms with Gasteiger partial charge in [0.1, 0.15) is 6.10 Å². The SMILES string of the molecule is Cc1ccc(C(O)CN2CCC(C(O)C(=O)NC3CC3)CC2)cc1. The van der Waals surface area contributed by atoms with Crippen LogP contribution in [0.1, 0.15) is 42.9 Å². The van der Waals surface area contributed by atoms with Gasteiger partial charge in [-0.3, -0.25) is 4.79 Å². The fraction of sp³-hybridized carbons (Fsp3) is 0.632. The number of nitrogens with zero attached hydrogens (tertiary/aromatic N) is 1. The predicted molar refractivity (Wildman–Crippen MR) is 92.5 cm³/mol. The molecule has 0 bridgehead atoms. The van der Waals surface area contributed by atoms with Crippen molar-refractivity contribution in [3.63, 3.8) is 0 Å². The molecule has 1 aliphatic carbocycles. The van der Waals surface area contributed by atoms with Gasteiger partial charge in [-0.1, -0.05) is 29.8 Å². The van der Waals surface area contributed by atoms with E-state index in [2.05, 4.69) is 10.2 Å². The van der Waals surface area contributed by atoms with Crippen LogP contribution < -0.4 is 5.32 Å². The van der Waals surface area contributed by atoms with Crippen LogP contribution in [0, 0.1) is 12.8 Å². The lowest BCUT2D eigenvalue weighted by molar-refractivity contribution is -0.133. The van der Waals surface area contributed by atoms with Crippen molar-refractivity contribution in [3.8, 4) is 0 Å². The number of hydrogen-bond donors (Lipinski definition) is 3. The van der Waals surface area contributed by atoms with E-state index in [1.165, 1.54) is 5.56 Å². The zero-order chi connectivity index (χ0) is 17.1. The summed E-state index contributed by atoms with van der Waals surface area (Å²) in [6.07, 6.45) is 2.27. The number of piperidine rings is 1. The second kappa shape index (κ2) is 7.64. The molecule has 2 unspecified atom stereocenters. The Morgan fingerprint density at radius 3 is 2.38 bits per heavy atom. The average molecular weight is 332 g/mol. The van der Waals surface area contributed by atoms with Crippen LogP contribution in [0.4, 0.5) is 0 Å². The number of hydrogen-bond acceptors (Lipinski definition) is 4. The Labute approximate surface area is 143 Å². The Morgan fingerprint density at radius 2 is 1.79 bits per heavy atom. The first kappa shape index (κ1) is 17.4. The smallest absolute Gasteiger partial charge is 0.249 e. The molecule has 1 saturated heterocycles. The maximum atomic E-state index is 11.9. The Hall–Kier alpha value is -1.43. The second-order valence-electron chi connectivity index (χ2n) is 7.29. The van der Waals surface area contributed by atoms with Crippen molar-refractivity contribution in [1.29, 1.82) is 0 Å². The van der Waals surface area contributed by atoms with Gasteiger partial charge in [-0.15, -0.1) is 0 Å². The molecule has 2 atom stereocenters. The molecular formula is C19H28N2O3. The molecule has 0 spiro atoms. The minimum absolute atomic E-state index is 0.0246. The van der Waals surface area contributed by atoms with E-state index in [0.29, 0.717) is 6.54 Å². The van der Waals surface area contributed by atoms with Crippen LogP contribution in [0.5, 0.6) is 0 Å². The number of carbonyl (C=O) groups excluding carboxylic acids is 1. The third-order valence-electron chi connectivity index (χ3n) is 5.16. The molecule has 1 aromatic carbocycles. The first-order valence-electron chi connectivity index (χ1n) is 8.98. The third-order valence-corrected chi connectivity index (χ3v) is 5.16. The Morgan fingerprint density at radius 1 is 1.17 bits per heavy atom. The van der Waals surface area contributed by atoms with Gasteiger partial charge in [0.25, 0.3) is 0 Å². The van der Waals surface area contributed by atoms with Crippen LogP contribution in [-0.2, 0) is 4.79 Å². The topological polar surface area (TPSA) is 72.8 Å². The largest absolute Gasteiger partial charge is 0.387 e. The maximum Gasteiger partial charge on any atom is 0.249 e. The number of amides is 1. The third kappa shape index (κ3) is 4.56. The van der Waals surface area contributed by atoms with Crippen molar-refractivity contribution >= 4 is 5.91 Å². The Kier molecular flexibility index (Phi) is 5.54. The molecule has 1 saturated carbocycles. The number of nitrogens with one attached hydrogen (secondary N) is 1. The molecule has 1 aromatic rings. The van der Waals surface area contributed by atoms with Crippen molar-refractivity contribution < 1.29 is 15.0 Å². The first-order chi connectivity index (χ1) is 11.5. The molecule has 1 amide bonds. The van der Waals surface area contributed by atoms with Gasteiger partial charge in [0.05, 0.1) is 6.10 Å². The second-order valence-corrected chi connectivity index (χ2v) is 7.29. The number of aryl methyl sites for hydroxylation is 1. The van der Waals surface area contributed by atoms with Crippen LogP contribution >= 0.6 is 0 Å². The van der Waals surface area contributed by atoms with Crippen molar-refractivity contribution in [2.45, 2.75) is 50.9 Å². The summed E-state index contributed by atoms with van der Waals surface area (Å²) in [4.78, 5) is 14.2. The molecule has 3 rings (SSSR count). The van der Waals surface area contributed by atoms with Gasteiger partial charge in [0.15, 0.2) is 0 Å². The zero-order valence-corrected chi connectivity index (χ0v) is 14.3. The summed E-state index contributed by atoms with van der Waals surface area (Å²) in [5.41, 5.74) is 2.12. The Balaban J connectivity index is 1.44. The van der Waals surface area contributed by atoms with Crippen LogP contribution in [0.25, 0.3) is 0 Å². The molecule has 3 N–H and O–H groups in total. The minimum atomic E-state index is -0.894. The van der Waals surface area contributed by atoms with Gasteiger partial charge in [-0.2, -0.15) is 0 Å². The number of aliphatic hydroxyl groups is 2. The highest BCUT2D eigenvalue weighted by Gasteiger charge is 2.33. The molecule has 132 valence electrons. The summed E-state index contributed by atoms with van der Waals surface area (Å²) < 4.78 is 0. The highest BCUT2D eigenvalue weighted by Crippen LogP contribution is 2.25. The monoisotopic (exact) mass is 332 g/mol. The molecule has 24 heavy (non-hydrogen) atoms. The zero-order valence-electron chi connectivity index (χ0n) is 14.3. The van der Waals surface area contributed by atoms with Crippen molar-refractivity contribution in [1.82, 2.24) is 10.2 Å². The number of carbonyl (C=O) groups is 1. The lowest BCUT2D eigenvalue weighted by Crippen LogP contribution is -2.45. The summed E-state index contributed by atoms with van der Waals surface area (Å²) in [5, 5.41) is 23.5. The first-order valence-corrected chi connectivity index (χ1v) is 8.98. The van der Waals surface area contributed by atoms with Gasteiger partial charge in [-0.25, -0.2) is 0 Å². The molecule has 1 heterocycles. The van der Waals surface area contributed by atoms with E-state index in [1.807, 2.05) is 31.2 Å². The summed E-state index contributed by atoms with van der Waals surface area (Å²) >= 11 is 0. The lowest BCUT2D eigenvalue weighted by Gasteiger charge is -2.34. The number of benzene rings is 1. The highest BCUT2D eigenvalue weighted by atomic mass is 16.3. The van der Waals surface area contributed by atoms with E-state index in [9.17, 15) is 15.0 Å². The summed E-state index contributed by atoms with van der Waals surface area (Å²) in [7, 11) is 0. The molecule has 0 aromatic heterocycles. The van der Waals surface area contributed by atoms with Crippen LogP contribution in [-0.4, -0.2) is 52.8 Å². The van der Waals surface area contributed by atoms with Gasteiger partial charge in [-0.05, 0) is 57.2 Å². The van der Waals surface area contributed by atoms with Crippen molar-refractivity contribution in [2.24, 2.45) is 5.92 Å². The highest BCUT2D eigenvalue weighted by molar-refractivity contribution is 5.81. The van der Waals surface area contributed by atoms with E-state index in [0.717, 1.165) is 44.3 Å². The van der Waals surface area contributed by atoms with E-state index >= 15 is 0 Å². The molecule has 0 radical (unpaired) electrons.